The van der Waals surface area contributed by atoms with Crippen molar-refractivity contribution in [1.82, 2.24) is 10.3 Å². The van der Waals surface area contributed by atoms with Gasteiger partial charge in [0, 0.05) is 48.6 Å². The topological polar surface area (TPSA) is 102 Å². The summed E-state index contributed by atoms with van der Waals surface area (Å²) < 4.78 is 18.1. The van der Waals surface area contributed by atoms with Crippen molar-refractivity contribution >= 4 is 23.5 Å². The second-order valence-corrected chi connectivity index (χ2v) is 7.14. The van der Waals surface area contributed by atoms with E-state index in [-0.39, 0.29) is 12.6 Å². The largest absolute Gasteiger partial charge is 0.492 e. The quantitative estimate of drug-likeness (QED) is 0.401. The van der Waals surface area contributed by atoms with Crippen molar-refractivity contribution < 1.29 is 13.9 Å². The number of halogens is 1. The number of rotatable bonds is 10. The van der Waals surface area contributed by atoms with Gasteiger partial charge in [0.05, 0.1) is 20.0 Å². The molecule has 2 heterocycles. The van der Waals surface area contributed by atoms with E-state index in [1.165, 1.54) is 0 Å². The van der Waals surface area contributed by atoms with Crippen molar-refractivity contribution in [2.75, 3.05) is 31.8 Å². The molecule has 4 N–H and O–H groups in total. The van der Waals surface area contributed by atoms with E-state index >= 15 is 0 Å². The van der Waals surface area contributed by atoms with E-state index < -0.39 is 6.67 Å². The van der Waals surface area contributed by atoms with Gasteiger partial charge in [0.2, 0.25) is 0 Å². The average molecular weight is 426 g/mol. The molecule has 0 spiro atoms. The molecule has 1 aliphatic heterocycles. The average Bonchev–Trinajstić information content (AvgIpc) is 3.28. The van der Waals surface area contributed by atoms with Crippen LogP contribution in [0.5, 0.6) is 5.75 Å². The summed E-state index contributed by atoms with van der Waals surface area (Å²) in [6.07, 6.45) is 6.46. The Labute approximate surface area is 181 Å². The zero-order valence-corrected chi connectivity index (χ0v) is 17.7. The van der Waals surface area contributed by atoms with E-state index in [1.54, 1.807) is 18.5 Å². The lowest BCUT2D eigenvalue weighted by Crippen LogP contribution is -2.24. The third-order valence-electron chi connectivity index (χ3n) is 4.93. The third kappa shape index (κ3) is 5.88. The number of nitrogens with two attached hydrogens (primary N) is 1. The number of carbonyl (C=O) groups is 1. The van der Waals surface area contributed by atoms with Gasteiger partial charge in [0.25, 0.3) is 5.91 Å². The number of anilines is 1. The highest BCUT2D eigenvalue weighted by atomic mass is 19.1. The van der Waals surface area contributed by atoms with Gasteiger partial charge in [-0.1, -0.05) is 12.1 Å². The summed E-state index contributed by atoms with van der Waals surface area (Å²) in [6.45, 7) is 3.25. The number of pyridine rings is 1. The smallest absolute Gasteiger partial charge is 0.251 e. The molecule has 0 fully saturated rings. The first-order chi connectivity index (χ1) is 15.1. The van der Waals surface area contributed by atoms with Crippen LogP contribution in [-0.2, 0) is 13.0 Å². The molecule has 0 saturated heterocycles. The lowest BCUT2D eigenvalue weighted by molar-refractivity contribution is 0.0952. The SMILES string of the molecule is C/C(=C\C=N/CN)c1cnc(NCc2cccc(C(=O)NCCCF)c2)c2c1OCC2. The first-order valence-corrected chi connectivity index (χ1v) is 10.3. The van der Waals surface area contributed by atoms with Crippen LogP contribution >= 0.6 is 0 Å². The van der Waals surface area contributed by atoms with Gasteiger partial charge in [-0.3, -0.25) is 14.2 Å². The molecule has 8 heteroatoms. The maximum Gasteiger partial charge on any atom is 0.251 e. The molecule has 31 heavy (non-hydrogen) atoms. The van der Waals surface area contributed by atoms with Crippen LogP contribution in [0, 0.1) is 0 Å². The maximum absolute atomic E-state index is 12.2. The van der Waals surface area contributed by atoms with Gasteiger partial charge in [0.15, 0.2) is 0 Å². The van der Waals surface area contributed by atoms with E-state index in [4.69, 9.17) is 10.5 Å². The van der Waals surface area contributed by atoms with E-state index in [2.05, 4.69) is 20.6 Å². The number of hydrogen-bond acceptors (Lipinski definition) is 6. The number of alkyl halides is 1. The maximum atomic E-state index is 12.2. The van der Waals surface area contributed by atoms with Crippen LogP contribution in [0.2, 0.25) is 0 Å². The number of nitrogens with one attached hydrogen (secondary N) is 2. The molecule has 0 unspecified atom stereocenters. The minimum atomic E-state index is -0.444. The van der Waals surface area contributed by atoms with Crippen LogP contribution in [0.1, 0.15) is 40.4 Å². The molecule has 164 valence electrons. The highest BCUT2D eigenvalue weighted by Gasteiger charge is 2.22. The summed E-state index contributed by atoms with van der Waals surface area (Å²) >= 11 is 0. The Balaban J connectivity index is 1.71. The molecular weight excluding hydrogens is 397 g/mol. The molecule has 0 atom stereocenters. The number of benzene rings is 1. The van der Waals surface area contributed by atoms with Crippen LogP contribution in [-0.4, -0.2) is 43.6 Å². The molecule has 1 aromatic carbocycles. The van der Waals surface area contributed by atoms with Gasteiger partial charge >= 0.3 is 0 Å². The van der Waals surface area contributed by atoms with Crippen LogP contribution in [0.3, 0.4) is 0 Å². The second kappa shape index (κ2) is 11.2. The predicted molar refractivity (Wildman–Crippen MR) is 121 cm³/mol. The summed E-state index contributed by atoms with van der Waals surface area (Å²) in [7, 11) is 0. The molecule has 1 aromatic heterocycles. The number of allylic oxidation sites excluding steroid dienone is 2. The fraction of sp³-hybridized carbons (Fsp3) is 0.348. The molecule has 3 rings (SSSR count). The fourth-order valence-electron chi connectivity index (χ4n) is 3.32. The summed E-state index contributed by atoms with van der Waals surface area (Å²) in [4.78, 5) is 20.8. The number of carbonyl (C=O) groups excluding carboxylic acids is 1. The molecular formula is C23H28FN5O2. The summed E-state index contributed by atoms with van der Waals surface area (Å²) in [5, 5.41) is 6.08. The number of amides is 1. The Morgan fingerprint density at radius 1 is 1.42 bits per heavy atom. The molecule has 7 nitrogen and oxygen atoms in total. The van der Waals surface area contributed by atoms with Gasteiger partial charge in [-0.15, -0.1) is 0 Å². The van der Waals surface area contributed by atoms with Gasteiger partial charge < -0.3 is 21.1 Å². The van der Waals surface area contributed by atoms with E-state index in [1.807, 2.05) is 31.2 Å². The normalized spacial score (nSPS) is 13.2. The number of hydrogen-bond donors (Lipinski definition) is 3. The Hall–Kier alpha value is -3.26. The fourth-order valence-corrected chi connectivity index (χ4v) is 3.32. The molecule has 0 aliphatic carbocycles. The predicted octanol–water partition coefficient (Wildman–Crippen LogP) is 3.11. The van der Waals surface area contributed by atoms with Crippen LogP contribution in [0.4, 0.5) is 10.2 Å². The monoisotopic (exact) mass is 425 g/mol. The minimum absolute atomic E-state index is 0.201. The molecule has 1 aliphatic rings. The second-order valence-electron chi connectivity index (χ2n) is 7.14. The number of ether oxygens (including phenoxy) is 1. The van der Waals surface area contributed by atoms with Gasteiger partial charge in [-0.2, -0.15) is 0 Å². The van der Waals surface area contributed by atoms with Gasteiger partial charge in [-0.05, 0) is 42.7 Å². The van der Waals surface area contributed by atoms with E-state index in [0.717, 1.165) is 40.3 Å². The van der Waals surface area contributed by atoms with Crippen molar-refractivity contribution in [2.24, 2.45) is 10.7 Å². The first-order valence-electron chi connectivity index (χ1n) is 10.3. The van der Waals surface area contributed by atoms with Crippen molar-refractivity contribution in [2.45, 2.75) is 26.3 Å². The number of aromatic nitrogens is 1. The number of fused-ring (bicyclic) bond motifs is 1. The number of aliphatic imine (C=N–C) groups is 1. The Morgan fingerprint density at radius 2 is 2.29 bits per heavy atom. The molecule has 2 aromatic rings. The summed E-state index contributed by atoms with van der Waals surface area (Å²) in [5.41, 5.74) is 9.87. The Morgan fingerprint density at radius 3 is 3.10 bits per heavy atom. The highest BCUT2D eigenvalue weighted by molar-refractivity contribution is 5.94. The highest BCUT2D eigenvalue weighted by Crippen LogP contribution is 2.37. The third-order valence-corrected chi connectivity index (χ3v) is 4.93. The summed E-state index contributed by atoms with van der Waals surface area (Å²) in [6, 6.07) is 7.35. The van der Waals surface area contributed by atoms with Crippen molar-refractivity contribution in [3.63, 3.8) is 0 Å². The molecule has 1 amide bonds. The van der Waals surface area contributed by atoms with Gasteiger partial charge in [-0.25, -0.2) is 4.98 Å². The Kier molecular flexibility index (Phi) is 8.12. The van der Waals surface area contributed by atoms with Crippen molar-refractivity contribution in [3.8, 4) is 5.75 Å². The van der Waals surface area contributed by atoms with Crippen molar-refractivity contribution in [3.05, 3.63) is 58.8 Å². The van der Waals surface area contributed by atoms with Crippen LogP contribution in [0.25, 0.3) is 5.57 Å². The molecule has 0 bridgehead atoms. The van der Waals surface area contributed by atoms with E-state index in [0.29, 0.717) is 31.7 Å². The lowest BCUT2D eigenvalue weighted by Gasteiger charge is -2.13. The molecule has 0 saturated carbocycles. The minimum Gasteiger partial charge on any atom is -0.492 e. The van der Waals surface area contributed by atoms with E-state index in [9.17, 15) is 9.18 Å². The molecule has 0 radical (unpaired) electrons. The summed E-state index contributed by atoms with van der Waals surface area (Å²) in [5.74, 6) is 1.42. The Bertz CT molecular complexity index is 974. The zero-order chi connectivity index (χ0) is 22.1. The number of nitrogens with zero attached hydrogens (tertiary/aromatic N) is 2. The zero-order valence-electron chi connectivity index (χ0n) is 17.7. The lowest BCUT2D eigenvalue weighted by atomic mass is 10.0. The van der Waals surface area contributed by atoms with Gasteiger partial charge in [0.1, 0.15) is 11.6 Å². The standard InChI is InChI=1S/C23H28FN5O2/c1-16(6-10-26-15-25)20-14-29-22(19-7-11-31-21(19)20)28-13-17-4-2-5-18(12-17)23(30)27-9-3-8-24/h2,4-6,10,12,14H,3,7-9,11,13,15,25H2,1H3,(H,27,30)(H,28,29)/b16-6+,26-10-. The first kappa shape index (κ1) is 22.4. The van der Waals surface area contributed by atoms with Crippen LogP contribution < -0.4 is 21.1 Å². The van der Waals surface area contributed by atoms with Crippen molar-refractivity contribution in [1.29, 1.82) is 0 Å². The van der Waals surface area contributed by atoms with Crippen LogP contribution in [0.15, 0.2) is 41.5 Å².